The molecule has 0 amide bonds. The van der Waals surface area contributed by atoms with Gasteiger partial charge in [-0.1, -0.05) is 45.7 Å². The molecule has 2 aromatic carbocycles. The summed E-state index contributed by atoms with van der Waals surface area (Å²) in [6.07, 6.45) is 1.64. The fourth-order valence-corrected chi connectivity index (χ4v) is 4.02. The Bertz CT molecular complexity index is 939. The SMILES string of the molecule is COc1cccc(Cc2cc3c(c(Cl)n2)-c2ccc(Br)cc2C3)c1. The lowest BCUT2D eigenvalue weighted by Crippen LogP contribution is -1.96. The van der Waals surface area contributed by atoms with Crippen LogP contribution >= 0.6 is 27.5 Å². The van der Waals surface area contributed by atoms with Crippen LogP contribution in [-0.2, 0) is 12.8 Å². The van der Waals surface area contributed by atoms with Crippen molar-refractivity contribution >= 4 is 27.5 Å². The second-order valence-electron chi connectivity index (χ2n) is 5.95. The second-order valence-corrected chi connectivity index (χ2v) is 7.22. The first-order valence-corrected chi connectivity index (χ1v) is 8.91. The molecule has 0 atom stereocenters. The summed E-state index contributed by atoms with van der Waals surface area (Å²) in [4.78, 5) is 4.63. The number of nitrogens with zero attached hydrogens (tertiary/aromatic N) is 1. The van der Waals surface area contributed by atoms with E-state index in [1.54, 1.807) is 7.11 Å². The van der Waals surface area contributed by atoms with E-state index in [1.165, 1.54) is 16.7 Å². The van der Waals surface area contributed by atoms with Crippen molar-refractivity contribution in [3.8, 4) is 16.9 Å². The zero-order valence-electron chi connectivity index (χ0n) is 13.1. The van der Waals surface area contributed by atoms with Crippen LogP contribution in [0.2, 0.25) is 5.15 Å². The third-order valence-electron chi connectivity index (χ3n) is 4.35. The molecule has 3 aromatic rings. The lowest BCUT2D eigenvalue weighted by molar-refractivity contribution is 0.414. The normalized spacial score (nSPS) is 12.0. The van der Waals surface area contributed by atoms with E-state index in [4.69, 9.17) is 16.3 Å². The van der Waals surface area contributed by atoms with Crippen molar-refractivity contribution in [2.75, 3.05) is 7.11 Å². The molecule has 4 rings (SSSR count). The molecule has 1 aromatic heterocycles. The van der Waals surface area contributed by atoms with E-state index in [1.807, 2.05) is 18.2 Å². The van der Waals surface area contributed by atoms with Crippen LogP contribution in [0.5, 0.6) is 5.75 Å². The van der Waals surface area contributed by atoms with E-state index in [9.17, 15) is 0 Å². The van der Waals surface area contributed by atoms with Crippen molar-refractivity contribution in [3.63, 3.8) is 0 Å². The molecule has 0 radical (unpaired) electrons. The Hall–Kier alpha value is -1.84. The van der Waals surface area contributed by atoms with Gasteiger partial charge in [0, 0.05) is 22.2 Å². The van der Waals surface area contributed by atoms with E-state index in [-0.39, 0.29) is 0 Å². The predicted octanol–water partition coefficient (Wildman–Crippen LogP) is 5.67. The minimum Gasteiger partial charge on any atom is -0.497 e. The summed E-state index contributed by atoms with van der Waals surface area (Å²) >= 11 is 10.1. The minimum absolute atomic E-state index is 0.589. The topological polar surface area (TPSA) is 22.1 Å². The van der Waals surface area contributed by atoms with E-state index >= 15 is 0 Å². The number of hydrogen-bond acceptors (Lipinski definition) is 2. The maximum Gasteiger partial charge on any atom is 0.137 e. The maximum absolute atomic E-state index is 6.52. The second kappa shape index (κ2) is 6.23. The van der Waals surface area contributed by atoms with Gasteiger partial charge in [0.15, 0.2) is 0 Å². The molecule has 0 N–H and O–H groups in total. The van der Waals surface area contributed by atoms with Gasteiger partial charge in [-0.15, -0.1) is 0 Å². The number of rotatable bonds is 3. The molecule has 120 valence electrons. The Labute approximate surface area is 154 Å². The average molecular weight is 401 g/mol. The summed E-state index contributed by atoms with van der Waals surface area (Å²) in [6, 6.07) is 16.6. The highest BCUT2D eigenvalue weighted by Gasteiger charge is 2.23. The highest BCUT2D eigenvalue weighted by Crippen LogP contribution is 2.41. The molecule has 0 bridgehead atoms. The minimum atomic E-state index is 0.589. The summed E-state index contributed by atoms with van der Waals surface area (Å²) in [5, 5.41) is 0.589. The summed E-state index contributed by atoms with van der Waals surface area (Å²) in [7, 11) is 1.68. The monoisotopic (exact) mass is 399 g/mol. The summed E-state index contributed by atoms with van der Waals surface area (Å²) in [5.74, 6) is 0.858. The molecule has 1 heterocycles. The number of fused-ring (bicyclic) bond motifs is 3. The predicted molar refractivity (Wildman–Crippen MR) is 101 cm³/mol. The molecule has 0 fully saturated rings. The quantitative estimate of drug-likeness (QED) is 0.413. The standard InChI is InChI=1S/C20H15BrClNO/c1-24-17-4-2-3-12(8-17)7-16-11-14-9-13-10-15(21)5-6-18(13)19(14)20(22)23-16/h2-6,8,10-11H,7,9H2,1H3. The smallest absolute Gasteiger partial charge is 0.137 e. The molecular weight excluding hydrogens is 386 g/mol. The molecule has 24 heavy (non-hydrogen) atoms. The maximum atomic E-state index is 6.52. The van der Waals surface area contributed by atoms with Crippen molar-refractivity contribution in [1.29, 1.82) is 0 Å². The third-order valence-corrected chi connectivity index (χ3v) is 5.11. The van der Waals surface area contributed by atoms with Crippen LogP contribution in [-0.4, -0.2) is 12.1 Å². The molecule has 2 nitrogen and oxygen atoms in total. The van der Waals surface area contributed by atoms with Crippen molar-refractivity contribution in [3.05, 3.63) is 80.5 Å². The Morgan fingerprint density at radius 3 is 2.83 bits per heavy atom. The van der Waals surface area contributed by atoms with E-state index < -0.39 is 0 Å². The number of benzene rings is 2. The fourth-order valence-electron chi connectivity index (χ4n) is 3.28. The zero-order chi connectivity index (χ0) is 16.7. The molecule has 0 saturated carbocycles. The van der Waals surface area contributed by atoms with Gasteiger partial charge in [0.2, 0.25) is 0 Å². The molecule has 0 saturated heterocycles. The Morgan fingerprint density at radius 2 is 2.00 bits per heavy atom. The Balaban J connectivity index is 1.70. The van der Waals surface area contributed by atoms with E-state index in [0.717, 1.165) is 39.9 Å². The molecule has 0 aliphatic heterocycles. The Kier molecular flexibility index (Phi) is 4.07. The highest BCUT2D eigenvalue weighted by atomic mass is 79.9. The first kappa shape index (κ1) is 15.7. The van der Waals surface area contributed by atoms with Gasteiger partial charge in [0.25, 0.3) is 0 Å². The van der Waals surface area contributed by atoms with Crippen molar-refractivity contribution < 1.29 is 4.74 Å². The van der Waals surface area contributed by atoms with Crippen molar-refractivity contribution in [2.45, 2.75) is 12.8 Å². The Morgan fingerprint density at radius 1 is 1.12 bits per heavy atom. The molecule has 1 aliphatic rings. The molecule has 0 spiro atoms. The van der Waals surface area contributed by atoms with Crippen LogP contribution in [0.1, 0.15) is 22.4 Å². The lowest BCUT2D eigenvalue weighted by Gasteiger charge is -2.08. The zero-order valence-corrected chi connectivity index (χ0v) is 15.5. The number of aromatic nitrogens is 1. The van der Waals surface area contributed by atoms with E-state index in [2.05, 4.69) is 51.2 Å². The van der Waals surface area contributed by atoms with Crippen LogP contribution in [0.15, 0.2) is 53.0 Å². The van der Waals surface area contributed by atoms with Crippen molar-refractivity contribution in [1.82, 2.24) is 4.98 Å². The van der Waals surface area contributed by atoms with Crippen molar-refractivity contribution in [2.24, 2.45) is 0 Å². The average Bonchev–Trinajstić information content (AvgIpc) is 2.92. The van der Waals surface area contributed by atoms with Crippen LogP contribution in [0, 0.1) is 0 Å². The first-order valence-electron chi connectivity index (χ1n) is 7.74. The number of halogens is 2. The van der Waals surface area contributed by atoms with E-state index in [0.29, 0.717) is 5.15 Å². The number of hydrogen-bond donors (Lipinski definition) is 0. The molecular formula is C20H15BrClNO. The van der Waals surface area contributed by atoms with Gasteiger partial charge in [-0.25, -0.2) is 4.98 Å². The molecule has 4 heteroatoms. The highest BCUT2D eigenvalue weighted by molar-refractivity contribution is 9.10. The van der Waals surface area contributed by atoms with Crippen LogP contribution in [0.25, 0.3) is 11.1 Å². The largest absolute Gasteiger partial charge is 0.497 e. The number of ether oxygens (including phenoxy) is 1. The first-order chi connectivity index (χ1) is 11.6. The summed E-state index contributed by atoms with van der Waals surface area (Å²) in [5.41, 5.74) is 6.96. The van der Waals surface area contributed by atoms with Gasteiger partial charge in [0.1, 0.15) is 10.9 Å². The number of pyridine rings is 1. The molecule has 0 unspecified atom stereocenters. The third kappa shape index (κ3) is 2.83. The van der Waals surface area contributed by atoms with Gasteiger partial charge < -0.3 is 4.74 Å². The van der Waals surface area contributed by atoms with Gasteiger partial charge in [0.05, 0.1) is 7.11 Å². The van der Waals surface area contributed by atoms with Crippen LogP contribution < -0.4 is 4.74 Å². The lowest BCUT2D eigenvalue weighted by atomic mass is 10.0. The summed E-state index contributed by atoms with van der Waals surface area (Å²) < 4.78 is 6.39. The fraction of sp³-hybridized carbons (Fsp3) is 0.150. The number of methoxy groups -OCH3 is 1. The van der Waals surface area contributed by atoms with Crippen LogP contribution in [0.3, 0.4) is 0 Å². The van der Waals surface area contributed by atoms with Crippen LogP contribution in [0.4, 0.5) is 0 Å². The van der Waals surface area contributed by atoms with Gasteiger partial charge in [-0.3, -0.25) is 0 Å². The van der Waals surface area contributed by atoms with Gasteiger partial charge in [-0.05, 0) is 59.0 Å². The summed E-state index contributed by atoms with van der Waals surface area (Å²) in [6.45, 7) is 0. The van der Waals surface area contributed by atoms with Gasteiger partial charge in [-0.2, -0.15) is 0 Å². The molecule has 1 aliphatic carbocycles. The van der Waals surface area contributed by atoms with Gasteiger partial charge >= 0.3 is 0 Å².